The lowest BCUT2D eigenvalue weighted by Crippen LogP contribution is -2.32. The number of nitrogen functional groups attached to an aromatic ring is 1. The number of aliphatic hydroxyl groups is 1. The van der Waals surface area contributed by atoms with E-state index in [-0.39, 0.29) is 0 Å². The Hall–Kier alpha value is -2.53. The molecule has 0 heterocycles. The second kappa shape index (κ2) is 7.31. The zero-order valence-corrected chi connectivity index (χ0v) is 11.5. The first-order valence-corrected chi connectivity index (χ1v) is 6.66. The first-order chi connectivity index (χ1) is 10.2. The van der Waals surface area contributed by atoms with Crippen LogP contribution in [0.5, 0.6) is 5.75 Å². The van der Waals surface area contributed by atoms with E-state index in [1.54, 1.807) is 48.5 Å². The molecule has 0 fully saturated rings. The van der Waals surface area contributed by atoms with Crippen LogP contribution in [0.15, 0.2) is 54.6 Å². The minimum atomic E-state index is -1.17. The van der Waals surface area contributed by atoms with Gasteiger partial charge in [0.1, 0.15) is 12.4 Å². The van der Waals surface area contributed by atoms with Crippen LogP contribution in [0.25, 0.3) is 0 Å². The van der Waals surface area contributed by atoms with Gasteiger partial charge in [0.15, 0.2) is 6.10 Å². The molecule has 5 heteroatoms. The fourth-order valence-electron chi connectivity index (χ4n) is 1.83. The number of hydrogen-bond acceptors (Lipinski definition) is 4. The Morgan fingerprint density at radius 1 is 1.19 bits per heavy atom. The number of nitrogens with two attached hydrogens (primary N) is 1. The molecular formula is C16H18N2O3. The molecule has 0 bridgehead atoms. The van der Waals surface area contributed by atoms with Crippen LogP contribution < -0.4 is 15.8 Å². The van der Waals surface area contributed by atoms with E-state index >= 15 is 0 Å². The molecule has 0 aliphatic rings. The zero-order valence-electron chi connectivity index (χ0n) is 11.5. The summed E-state index contributed by atoms with van der Waals surface area (Å²) in [6.45, 7) is 0.605. The monoisotopic (exact) mass is 286 g/mol. The number of hydrogen-bond donors (Lipinski definition) is 3. The molecule has 0 aromatic heterocycles. The molecule has 1 atom stereocenters. The lowest BCUT2D eigenvalue weighted by atomic mass is 10.1. The average molecular weight is 286 g/mol. The third-order valence-electron chi connectivity index (χ3n) is 2.89. The predicted molar refractivity (Wildman–Crippen MR) is 80.8 cm³/mol. The van der Waals surface area contributed by atoms with Crippen molar-refractivity contribution in [2.45, 2.75) is 6.10 Å². The number of carbonyl (C=O) groups is 1. The van der Waals surface area contributed by atoms with Crippen molar-refractivity contribution >= 4 is 11.6 Å². The van der Waals surface area contributed by atoms with Gasteiger partial charge in [-0.3, -0.25) is 4.79 Å². The van der Waals surface area contributed by atoms with Crippen molar-refractivity contribution < 1.29 is 14.6 Å². The molecule has 5 nitrogen and oxygen atoms in total. The second-order valence-corrected chi connectivity index (χ2v) is 4.53. The molecule has 21 heavy (non-hydrogen) atoms. The molecule has 0 radical (unpaired) electrons. The summed E-state index contributed by atoms with van der Waals surface area (Å²) in [4.78, 5) is 11.8. The molecule has 2 aromatic carbocycles. The van der Waals surface area contributed by atoms with Gasteiger partial charge in [0.2, 0.25) is 0 Å². The van der Waals surface area contributed by atoms with Gasteiger partial charge in [-0.1, -0.05) is 36.4 Å². The van der Waals surface area contributed by atoms with Crippen LogP contribution in [0.2, 0.25) is 0 Å². The molecule has 0 aliphatic heterocycles. The van der Waals surface area contributed by atoms with E-state index in [1.165, 1.54) is 0 Å². The first-order valence-electron chi connectivity index (χ1n) is 6.66. The Morgan fingerprint density at radius 2 is 1.95 bits per heavy atom. The number of aliphatic hydroxyl groups excluding tert-OH is 1. The number of anilines is 1. The van der Waals surface area contributed by atoms with Gasteiger partial charge in [0.25, 0.3) is 5.91 Å². The highest BCUT2D eigenvalue weighted by Crippen LogP contribution is 2.14. The summed E-state index contributed by atoms with van der Waals surface area (Å²) in [5.74, 6) is 0.199. The summed E-state index contributed by atoms with van der Waals surface area (Å²) < 4.78 is 5.45. The highest BCUT2D eigenvalue weighted by atomic mass is 16.5. The summed E-state index contributed by atoms with van der Waals surface area (Å²) in [7, 11) is 0. The fourth-order valence-corrected chi connectivity index (χ4v) is 1.83. The Labute approximate surface area is 123 Å². The van der Waals surface area contributed by atoms with Crippen molar-refractivity contribution in [3.05, 3.63) is 60.2 Å². The smallest absolute Gasteiger partial charge is 0.253 e. The number of carbonyl (C=O) groups excluding carboxylic acids is 1. The van der Waals surface area contributed by atoms with E-state index in [0.29, 0.717) is 30.2 Å². The van der Waals surface area contributed by atoms with Gasteiger partial charge in [-0.15, -0.1) is 0 Å². The minimum absolute atomic E-state index is 0.302. The first kappa shape index (κ1) is 14.9. The lowest BCUT2D eigenvalue weighted by Gasteiger charge is -2.12. The van der Waals surface area contributed by atoms with Crippen LogP contribution in [0.3, 0.4) is 0 Å². The third-order valence-corrected chi connectivity index (χ3v) is 2.89. The highest BCUT2D eigenvalue weighted by Gasteiger charge is 2.15. The van der Waals surface area contributed by atoms with Crippen LogP contribution in [0.4, 0.5) is 5.69 Å². The quantitative estimate of drug-likeness (QED) is 0.555. The van der Waals surface area contributed by atoms with Crippen molar-refractivity contribution in [1.82, 2.24) is 5.32 Å². The van der Waals surface area contributed by atoms with Crippen LogP contribution in [0, 0.1) is 0 Å². The maximum atomic E-state index is 11.8. The highest BCUT2D eigenvalue weighted by molar-refractivity contribution is 5.81. The molecule has 0 aliphatic carbocycles. The molecule has 1 unspecified atom stereocenters. The van der Waals surface area contributed by atoms with Gasteiger partial charge >= 0.3 is 0 Å². The molecule has 1 amide bonds. The number of nitrogens with one attached hydrogen (secondary N) is 1. The summed E-state index contributed by atoms with van der Waals surface area (Å²) in [6, 6.07) is 15.8. The molecule has 4 N–H and O–H groups in total. The van der Waals surface area contributed by atoms with Gasteiger partial charge in [0.05, 0.1) is 6.54 Å². The van der Waals surface area contributed by atoms with Crippen molar-refractivity contribution in [3.8, 4) is 5.75 Å². The SMILES string of the molecule is Nc1cccc(OCCNC(=O)C(O)c2ccccc2)c1. The molecule has 110 valence electrons. The molecule has 0 saturated heterocycles. The maximum Gasteiger partial charge on any atom is 0.253 e. The minimum Gasteiger partial charge on any atom is -0.492 e. The van der Waals surface area contributed by atoms with Crippen LogP contribution in [0.1, 0.15) is 11.7 Å². The van der Waals surface area contributed by atoms with Crippen molar-refractivity contribution in [2.24, 2.45) is 0 Å². The Balaban J connectivity index is 1.74. The van der Waals surface area contributed by atoms with Gasteiger partial charge in [-0.2, -0.15) is 0 Å². The number of amides is 1. The molecule has 0 saturated carbocycles. The summed E-state index contributed by atoms with van der Waals surface area (Å²) >= 11 is 0. The van der Waals surface area contributed by atoms with E-state index < -0.39 is 12.0 Å². The number of benzene rings is 2. The van der Waals surface area contributed by atoms with Crippen LogP contribution >= 0.6 is 0 Å². The molecule has 0 spiro atoms. The average Bonchev–Trinajstić information content (AvgIpc) is 2.51. The Kier molecular flexibility index (Phi) is 5.17. The topological polar surface area (TPSA) is 84.6 Å². The zero-order chi connectivity index (χ0) is 15.1. The standard InChI is InChI=1S/C16H18N2O3/c17-13-7-4-8-14(11-13)21-10-9-18-16(20)15(19)12-5-2-1-3-6-12/h1-8,11,15,19H,9-10,17H2,(H,18,20). The predicted octanol–water partition coefficient (Wildman–Crippen LogP) is 1.50. The van der Waals surface area contributed by atoms with Gasteiger partial charge < -0.3 is 20.9 Å². The van der Waals surface area contributed by atoms with E-state index in [1.807, 2.05) is 6.07 Å². The summed E-state index contributed by atoms with van der Waals surface area (Å²) in [5, 5.41) is 12.5. The molecule has 2 rings (SSSR count). The lowest BCUT2D eigenvalue weighted by molar-refractivity contribution is -0.129. The van der Waals surface area contributed by atoms with Gasteiger partial charge in [-0.05, 0) is 17.7 Å². The van der Waals surface area contributed by atoms with Crippen LogP contribution in [-0.4, -0.2) is 24.2 Å². The van der Waals surface area contributed by atoms with Crippen LogP contribution in [-0.2, 0) is 4.79 Å². The molecule has 2 aromatic rings. The Bertz CT molecular complexity index is 587. The van der Waals surface area contributed by atoms with E-state index in [2.05, 4.69) is 5.32 Å². The number of ether oxygens (including phenoxy) is 1. The number of rotatable bonds is 6. The van der Waals surface area contributed by atoms with Gasteiger partial charge in [0, 0.05) is 11.8 Å². The largest absolute Gasteiger partial charge is 0.492 e. The second-order valence-electron chi connectivity index (χ2n) is 4.53. The van der Waals surface area contributed by atoms with E-state index in [4.69, 9.17) is 10.5 Å². The third kappa shape index (κ3) is 4.50. The van der Waals surface area contributed by atoms with E-state index in [9.17, 15) is 9.90 Å². The summed E-state index contributed by atoms with van der Waals surface area (Å²) in [6.07, 6.45) is -1.17. The normalized spacial score (nSPS) is 11.7. The van der Waals surface area contributed by atoms with Crippen molar-refractivity contribution in [3.63, 3.8) is 0 Å². The summed E-state index contributed by atoms with van der Waals surface area (Å²) in [5.41, 5.74) is 6.82. The van der Waals surface area contributed by atoms with Crippen molar-refractivity contribution in [2.75, 3.05) is 18.9 Å². The van der Waals surface area contributed by atoms with Gasteiger partial charge in [-0.25, -0.2) is 0 Å². The Morgan fingerprint density at radius 3 is 2.67 bits per heavy atom. The fraction of sp³-hybridized carbons (Fsp3) is 0.188. The van der Waals surface area contributed by atoms with Crippen molar-refractivity contribution in [1.29, 1.82) is 0 Å². The molecular weight excluding hydrogens is 268 g/mol. The maximum absolute atomic E-state index is 11.8. The van der Waals surface area contributed by atoms with E-state index in [0.717, 1.165) is 0 Å².